The van der Waals surface area contributed by atoms with Crippen molar-refractivity contribution in [3.05, 3.63) is 24.2 Å². The van der Waals surface area contributed by atoms with Crippen molar-refractivity contribution in [2.24, 2.45) is 0 Å². The molecule has 0 amide bonds. The fourth-order valence-corrected chi connectivity index (χ4v) is 4.93. The molecular weight excluding hydrogens is 280 g/mol. The maximum Gasteiger partial charge on any atom is 0.161 e. The first-order valence-electron chi connectivity index (χ1n) is 7.96. The second-order valence-corrected chi connectivity index (χ2v) is 7.60. The summed E-state index contributed by atoms with van der Waals surface area (Å²) < 4.78 is 2.42. The van der Waals surface area contributed by atoms with Crippen LogP contribution in [-0.4, -0.2) is 44.0 Å². The molecular formula is C16H22N4S. The highest BCUT2D eigenvalue weighted by Gasteiger charge is 2.28. The molecule has 4 heterocycles. The monoisotopic (exact) mass is 302 g/mol. The van der Waals surface area contributed by atoms with E-state index in [2.05, 4.69) is 39.3 Å². The highest BCUT2D eigenvalue weighted by Crippen LogP contribution is 2.33. The average molecular weight is 302 g/mol. The molecule has 2 atom stereocenters. The van der Waals surface area contributed by atoms with Crippen LogP contribution in [0.2, 0.25) is 0 Å². The van der Waals surface area contributed by atoms with E-state index in [0.717, 1.165) is 22.8 Å². The van der Waals surface area contributed by atoms with Crippen LogP contribution in [0, 0.1) is 0 Å². The lowest BCUT2D eigenvalue weighted by Gasteiger charge is -2.24. The first-order chi connectivity index (χ1) is 10.3. The summed E-state index contributed by atoms with van der Waals surface area (Å²) in [5.41, 5.74) is 2.12. The van der Waals surface area contributed by atoms with Crippen molar-refractivity contribution in [2.45, 2.75) is 43.5 Å². The third-order valence-electron chi connectivity index (χ3n) is 4.74. The van der Waals surface area contributed by atoms with Gasteiger partial charge in [0.15, 0.2) is 5.65 Å². The Kier molecular flexibility index (Phi) is 3.63. The van der Waals surface area contributed by atoms with Gasteiger partial charge < -0.3 is 0 Å². The number of hydrogen-bond acceptors (Lipinski definition) is 4. The maximum atomic E-state index is 4.92. The molecule has 4 rings (SSSR count). The largest absolute Gasteiger partial charge is 0.296 e. The fraction of sp³-hybridized carbons (Fsp3) is 0.625. The zero-order valence-corrected chi connectivity index (χ0v) is 13.4. The molecule has 0 radical (unpaired) electrons. The smallest absolute Gasteiger partial charge is 0.161 e. The van der Waals surface area contributed by atoms with Crippen LogP contribution in [0.4, 0.5) is 0 Å². The maximum absolute atomic E-state index is 4.92. The lowest BCUT2D eigenvalue weighted by atomic mass is 10.2. The van der Waals surface area contributed by atoms with E-state index in [1.165, 1.54) is 43.8 Å². The Bertz CT molecular complexity index is 632. The van der Waals surface area contributed by atoms with E-state index >= 15 is 0 Å². The molecule has 0 spiro atoms. The number of imidazole rings is 1. The van der Waals surface area contributed by atoms with Crippen LogP contribution in [0.15, 0.2) is 18.3 Å². The van der Waals surface area contributed by atoms with Gasteiger partial charge in [0.05, 0.1) is 6.17 Å². The molecule has 2 unspecified atom stereocenters. The van der Waals surface area contributed by atoms with E-state index in [1.54, 1.807) is 0 Å². The number of hydrogen-bond donors (Lipinski definition) is 0. The van der Waals surface area contributed by atoms with E-state index in [9.17, 15) is 0 Å². The van der Waals surface area contributed by atoms with Gasteiger partial charge in [0, 0.05) is 17.9 Å². The molecule has 2 fully saturated rings. The van der Waals surface area contributed by atoms with Gasteiger partial charge >= 0.3 is 0 Å². The summed E-state index contributed by atoms with van der Waals surface area (Å²) in [5, 5.41) is 0.743. The van der Waals surface area contributed by atoms with Crippen molar-refractivity contribution in [2.75, 3.05) is 19.3 Å². The number of rotatable bonds is 3. The molecule has 2 aliphatic heterocycles. The highest BCUT2D eigenvalue weighted by atomic mass is 32.2. The highest BCUT2D eigenvalue weighted by molar-refractivity contribution is 8.00. The van der Waals surface area contributed by atoms with Crippen molar-refractivity contribution in [3.8, 4) is 0 Å². The first kappa shape index (κ1) is 13.6. The lowest BCUT2D eigenvalue weighted by Crippen LogP contribution is -2.25. The third-order valence-corrected chi connectivity index (χ3v) is 6.13. The average Bonchev–Trinajstić information content (AvgIpc) is 3.19. The van der Waals surface area contributed by atoms with Crippen LogP contribution in [0.5, 0.6) is 0 Å². The van der Waals surface area contributed by atoms with Crippen molar-refractivity contribution < 1.29 is 0 Å². The summed E-state index contributed by atoms with van der Waals surface area (Å²) in [7, 11) is 2.22. The molecule has 0 aliphatic carbocycles. The summed E-state index contributed by atoms with van der Waals surface area (Å²) >= 11 is 2.11. The Labute approximate surface area is 129 Å². The van der Waals surface area contributed by atoms with E-state index in [0.29, 0.717) is 6.17 Å². The Balaban J connectivity index is 1.76. The van der Waals surface area contributed by atoms with Gasteiger partial charge in [-0.1, -0.05) is 0 Å². The van der Waals surface area contributed by atoms with Gasteiger partial charge in [0.2, 0.25) is 0 Å². The van der Waals surface area contributed by atoms with Crippen molar-refractivity contribution >= 4 is 22.9 Å². The zero-order chi connectivity index (χ0) is 14.2. The topological polar surface area (TPSA) is 34.0 Å². The zero-order valence-electron chi connectivity index (χ0n) is 12.5. The Morgan fingerprint density at radius 1 is 1.33 bits per heavy atom. The summed E-state index contributed by atoms with van der Waals surface area (Å²) in [5.74, 6) is 2.55. The molecule has 2 aliphatic rings. The van der Waals surface area contributed by atoms with Crippen LogP contribution in [0.25, 0.3) is 11.2 Å². The van der Waals surface area contributed by atoms with E-state index < -0.39 is 0 Å². The second kappa shape index (κ2) is 5.61. The van der Waals surface area contributed by atoms with Crippen molar-refractivity contribution in [3.63, 3.8) is 0 Å². The molecule has 4 nitrogen and oxygen atoms in total. The Hall–Kier alpha value is -1.07. The number of thioether (sulfide) groups is 1. The van der Waals surface area contributed by atoms with E-state index in [1.807, 2.05) is 12.3 Å². The molecule has 0 aromatic carbocycles. The molecule has 0 bridgehead atoms. The van der Waals surface area contributed by atoms with Crippen LogP contribution in [0.1, 0.15) is 37.7 Å². The molecule has 0 saturated carbocycles. The van der Waals surface area contributed by atoms with Gasteiger partial charge in [0.25, 0.3) is 0 Å². The van der Waals surface area contributed by atoms with Gasteiger partial charge in [-0.05, 0) is 57.2 Å². The van der Waals surface area contributed by atoms with Crippen molar-refractivity contribution in [1.29, 1.82) is 0 Å². The van der Waals surface area contributed by atoms with Crippen LogP contribution >= 0.6 is 11.8 Å². The number of likely N-dealkylation sites (tertiary alicyclic amines) is 1. The minimum absolute atomic E-state index is 0.436. The molecule has 5 heteroatoms. The number of aromatic nitrogens is 3. The predicted octanol–water partition coefficient (Wildman–Crippen LogP) is 3.09. The Morgan fingerprint density at radius 3 is 3.05 bits per heavy atom. The summed E-state index contributed by atoms with van der Waals surface area (Å²) in [6.45, 7) is 1.18. The van der Waals surface area contributed by atoms with E-state index in [4.69, 9.17) is 4.98 Å². The van der Waals surface area contributed by atoms with Gasteiger partial charge in [-0.15, -0.1) is 0 Å². The minimum Gasteiger partial charge on any atom is -0.296 e. The molecule has 0 N–H and O–H groups in total. The van der Waals surface area contributed by atoms with Crippen molar-refractivity contribution in [1.82, 2.24) is 19.4 Å². The van der Waals surface area contributed by atoms with Gasteiger partial charge in [-0.2, -0.15) is 11.8 Å². The van der Waals surface area contributed by atoms with Crippen LogP contribution in [0.3, 0.4) is 0 Å². The lowest BCUT2D eigenvalue weighted by molar-refractivity contribution is 0.237. The normalized spacial score (nSPS) is 26.9. The number of nitrogens with zero attached hydrogens (tertiary/aromatic N) is 4. The van der Waals surface area contributed by atoms with Gasteiger partial charge in [0.1, 0.15) is 11.3 Å². The summed E-state index contributed by atoms with van der Waals surface area (Å²) in [6, 6.07) is 4.09. The number of fused-ring (bicyclic) bond motifs is 1. The van der Waals surface area contributed by atoms with E-state index in [-0.39, 0.29) is 0 Å². The van der Waals surface area contributed by atoms with Crippen LogP contribution < -0.4 is 0 Å². The van der Waals surface area contributed by atoms with Crippen LogP contribution in [-0.2, 0) is 6.42 Å². The summed E-state index contributed by atoms with van der Waals surface area (Å²) in [6.07, 6.45) is 8.59. The number of pyridine rings is 1. The predicted molar refractivity (Wildman–Crippen MR) is 87.6 cm³/mol. The van der Waals surface area contributed by atoms with Gasteiger partial charge in [-0.3, -0.25) is 9.47 Å². The standard InChI is InChI=1S/C16H22N4S/c1-19-9-3-7-15(19)20-14(11-12-5-4-10-21-12)18-13-6-2-8-17-16(13)20/h2,6,8,12,15H,3-5,7,9-11H2,1H3. The summed E-state index contributed by atoms with van der Waals surface area (Å²) in [4.78, 5) is 12.0. The quantitative estimate of drug-likeness (QED) is 0.872. The fourth-order valence-electron chi connectivity index (χ4n) is 3.66. The minimum atomic E-state index is 0.436. The molecule has 2 aromatic heterocycles. The second-order valence-electron chi connectivity index (χ2n) is 6.19. The molecule has 112 valence electrons. The molecule has 2 aromatic rings. The SMILES string of the molecule is CN1CCCC1n1c(CC2CCCS2)nc2cccnc21. The third kappa shape index (κ3) is 2.46. The van der Waals surface area contributed by atoms with Gasteiger partial charge in [-0.25, -0.2) is 9.97 Å². The first-order valence-corrected chi connectivity index (χ1v) is 9.01. The molecule has 21 heavy (non-hydrogen) atoms. The molecule has 2 saturated heterocycles. The Morgan fingerprint density at radius 2 is 2.29 bits per heavy atom.